The van der Waals surface area contributed by atoms with Gasteiger partial charge in [-0.05, 0) is 38.3 Å². The Morgan fingerprint density at radius 3 is 2.86 bits per heavy atom. The topological polar surface area (TPSA) is 36.4 Å². The van der Waals surface area contributed by atoms with E-state index in [0.717, 1.165) is 57.0 Å². The highest BCUT2D eigenvalue weighted by atomic mass is 35.5. The standard InChI is InChI=1S/C16H22ClN3O/c1-3-8-19-9-6-16(15(19)21)7-10-20(11-16)14-13(17)5-4-12(2)18-14/h4-5H,3,6-11H2,1-2H3. The summed E-state index contributed by atoms with van der Waals surface area (Å²) in [6, 6.07) is 3.81. The summed E-state index contributed by atoms with van der Waals surface area (Å²) in [4.78, 5) is 21.5. The lowest BCUT2D eigenvalue weighted by Gasteiger charge is -2.24. The summed E-state index contributed by atoms with van der Waals surface area (Å²) in [5, 5.41) is 0.675. The van der Waals surface area contributed by atoms with Crippen molar-refractivity contribution in [1.82, 2.24) is 9.88 Å². The smallest absolute Gasteiger partial charge is 0.230 e. The number of aryl methyl sites for hydroxylation is 1. The first-order valence-electron chi connectivity index (χ1n) is 7.73. The number of hydrogen-bond acceptors (Lipinski definition) is 3. The van der Waals surface area contributed by atoms with Gasteiger partial charge in [-0.1, -0.05) is 18.5 Å². The number of likely N-dealkylation sites (tertiary alicyclic amines) is 1. The number of hydrogen-bond donors (Lipinski definition) is 0. The Kier molecular flexibility index (Phi) is 3.82. The molecule has 0 aliphatic carbocycles. The Balaban J connectivity index is 1.79. The molecule has 1 spiro atoms. The Morgan fingerprint density at radius 1 is 1.33 bits per heavy atom. The minimum atomic E-state index is -0.204. The molecule has 3 heterocycles. The van der Waals surface area contributed by atoms with Crippen LogP contribution >= 0.6 is 11.6 Å². The second-order valence-corrected chi connectivity index (χ2v) is 6.66. The van der Waals surface area contributed by atoms with Crippen LogP contribution in [0.5, 0.6) is 0 Å². The third-order valence-corrected chi connectivity index (χ3v) is 5.01. The molecule has 1 aromatic rings. The second-order valence-electron chi connectivity index (χ2n) is 6.25. The van der Waals surface area contributed by atoms with Gasteiger partial charge < -0.3 is 9.80 Å². The van der Waals surface area contributed by atoms with Gasteiger partial charge in [0.2, 0.25) is 5.91 Å². The molecule has 0 saturated carbocycles. The SMILES string of the molecule is CCCN1CCC2(CCN(c3nc(C)ccc3Cl)C2)C1=O. The molecule has 2 aliphatic rings. The minimum Gasteiger partial charge on any atom is -0.354 e. The Labute approximate surface area is 131 Å². The van der Waals surface area contributed by atoms with Crippen LogP contribution in [0.25, 0.3) is 0 Å². The highest BCUT2D eigenvalue weighted by molar-refractivity contribution is 6.33. The lowest BCUT2D eigenvalue weighted by molar-refractivity contribution is -0.135. The van der Waals surface area contributed by atoms with E-state index in [2.05, 4.69) is 16.8 Å². The maximum Gasteiger partial charge on any atom is 0.230 e. The predicted molar refractivity (Wildman–Crippen MR) is 84.7 cm³/mol. The van der Waals surface area contributed by atoms with Gasteiger partial charge in [-0.15, -0.1) is 0 Å². The minimum absolute atomic E-state index is 0.204. The van der Waals surface area contributed by atoms with Crippen molar-refractivity contribution in [3.05, 3.63) is 22.8 Å². The van der Waals surface area contributed by atoms with Crippen LogP contribution in [0.3, 0.4) is 0 Å². The van der Waals surface area contributed by atoms with Crippen LogP contribution < -0.4 is 4.90 Å². The lowest BCUT2D eigenvalue weighted by atomic mass is 9.85. The number of rotatable bonds is 3. The zero-order valence-electron chi connectivity index (χ0n) is 12.7. The molecule has 0 aromatic carbocycles. The van der Waals surface area contributed by atoms with Crippen molar-refractivity contribution >= 4 is 23.3 Å². The quantitative estimate of drug-likeness (QED) is 0.861. The molecule has 2 fully saturated rings. The summed E-state index contributed by atoms with van der Waals surface area (Å²) >= 11 is 6.29. The fourth-order valence-corrected chi connectivity index (χ4v) is 3.78. The van der Waals surface area contributed by atoms with Crippen molar-refractivity contribution in [2.75, 3.05) is 31.1 Å². The van der Waals surface area contributed by atoms with E-state index >= 15 is 0 Å². The number of pyridine rings is 1. The van der Waals surface area contributed by atoms with Crippen molar-refractivity contribution < 1.29 is 4.79 Å². The molecular weight excluding hydrogens is 286 g/mol. The molecule has 1 unspecified atom stereocenters. The summed E-state index contributed by atoms with van der Waals surface area (Å²) in [5.74, 6) is 1.16. The van der Waals surface area contributed by atoms with Crippen LogP contribution in [0.4, 0.5) is 5.82 Å². The van der Waals surface area contributed by atoms with Gasteiger partial charge >= 0.3 is 0 Å². The van der Waals surface area contributed by atoms with Crippen LogP contribution in [-0.4, -0.2) is 42.0 Å². The van der Waals surface area contributed by atoms with Gasteiger partial charge in [0.25, 0.3) is 0 Å². The van der Waals surface area contributed by atoms with Crippen molar-refractivity contribution in [3.63, 3.8) is 0 Å². The van der Waals surface area contributed by atoms with Gasteiger partial charge in [0.1, 0.15) is 5.82 Å². The third kappa shape index (κ3) is 2.50. The zero-order chi connectivity index (χ0) is 15.0. The van der Waals surface area contributed by atoms with Gasteiger partial charge in [-0.2, -0.15) is 0 Å². The number of aromatic nitrogens is 1. The molecular formula is C16H22ClN3O. The van der Waals surface area contributed by atoms with Gasteiger partial charge in [0.05, 0.1) is 10.4 Å². The van der Waals surface area contributed by atoms with E-state index in [1.165, 1.54) is 0 Å². The lowest BCUT2D eigenvalue weighted by Crippen LogP contribution is -2.37. The largest absolute Gasteiger partial charge is 0.354 e. The summed E-state index contributed by atoms with van der Waals surface area (Å²) in [6.45, 7) is 7.48. The molecule has 0 N–H and O–H groups in total. The molecule has 21 heavy (non-hydrogen) atoms. The van der Waals surface area contributed by atoms with E-state index in [-0.39, 0.29) is 5.41 Å². The number of carbonyl (C=O) groups is 1. The summed E-state index contributed by atoms with van der Waals surface area (Å²) in [7, 11) is 0. The maximum absolute atomic E-state index is 12.7. The fraction of sp³-hybridized carbons (Fsp3) is 0.625. The molecule has 114 valence electrons. The van der Waals surface area contributed by atoms with E-state index in [9.17, 15) is 4.79 Å². The summed E-state index contributed by atoms with van der Waals surface area (Å²) < 4.78 is 0. The summed E-state index contributed by atoms with van der Waals surface area (Å²) in [6.07, 6.45) is 2.90. The molecule has 3 rings (SSSR count). The second kappa shape index (κ2) is 5.48. The maximum atomic E-state index is 12.7. The van der Waals surface area contributed by atoms with E-state index < -0.39 is 0 Å². The highest BCUT2D eigenvalue weighted by Gasteiger charge is 2.50. The Hall–Kier alpha value is -1.29. The molecule has 1 atom stereocenters. The molecule has 0 radical (unpaired) electrons. The number of carbonyl (C=O) groups excluding carboxylic acids is 1. The van der Waals surface area contributed by atoms with Crippen molar-refractivity contribution in [2.24, 2.45) is 5.41 Å². The molecule has 1 aromatic heterocycles. The van der Waals surface area contributed by atoms with E-state index in [4.69, 9.17) is 11.6 Å². The van der Waals surface area contributed by atoms with E-state index in [1.807, 2.05) is 24.0 Å². The molecule has 1 amide bonds. The van der Waals surface area contributed by atoms with Crippen LogP contribution in [0, 0.1) is 12.3 Å². The monoisotopic (exact) mass is 307 g/mol. The first-order chi connectivity index (χ1) is 10.1. The average Bonchev–Trinajstić information content (AvgIpc) is 3.02. The van der Waals surface area contributed by atoms with Crippen molar-refractivity contribution in [1.29, 1.82) is 0 Å². The van der Waals surface area contributed by atoms with E-state index in [0.29, 0.717) is 10.9 Å². The molecule has 2 aliphatic heterocycles. The fourth-order valence-electron chi connectivity index (χ4n) is 3.56. The number of amides is 1. The molecule has 4 nitrogen and oxygen atoms in total. The first kappa shape index (κ1) is 14.6. The van der Waals surface area contributed by atoms with Crippen molar-refractivity contribution in [3.8, 4) is 0 Å². The number of anilines is 1. The Bertz CT molecular complexity index is 562. The van der Waals surface area contributed by atoms with Gasteiger partial charge in [-0.25, -0.2) is 4.98 Å². The van der Waals surface area contributed by atoms with Gasteiger partial charge in [0.15, 0.2) is 0 Å². The Morgan fingerprint density at radius 2 is 2.10 bits per heavy atom. The molecule has 2 saturated heterocycles. The zero-order valence-corrected chi connectivity index (χ0v) is 13.5. The first-order valence-corrected chi connectivity index (χ1v) is 8.11. The predicted octanol–water partition coefficient (Wildman–Crippen LogP) is 2.88. The van der Waals surface area contributed by atoms with Crippen LogP contribution in [0.1, 0.15) is 31.9 Å². The summed E-state index contributed by atoms with van der Waals surface area (Å²) in [5.41, 5.74) is 0.755. The van der Waals surface area contributed by atoms with Crippen LogP contribution in [0.15, 0.2) is 12.1 Å². The van der Waals surface area contributed by atoms with Gasteiger partial charge in [0, 0.05) is 31.9 Å². The third-order valence-electron chi connectivity index (χ3n) is 4.71. The van der Waals surface area contributed by atoms with Crippen molar-refractivity contribution in [2.45, 2.75) is 33.1 Å². The molecule has 5 heteroatoms. The normalized spacial score (nSPS) is 25.4. The van der Waals surface area contributed by atoms with E-state index in [1.54, 1.807) is 0 Å². The highest BCUT2D eigenvalue weighted by Crippen LogP contribution is 2.42. The van der Waals surface area contributed by atoms with Crippen LogP contribution in [-0.2, 0) is 4.79 Å². The van der Waals surface area contributed by atoms with Crippen LogP contribution in [0.2, 0.25) is 5.02 Å². The average molecular weight is 308 g/mol. The number of nitrogens with zero attached hydrogens (tertiary/aromatic N) is 3. The number of halogens is 1. The van der Waals surface area contributed by atoms with Gasteiger partial charge in [-0.3, -0.25) is 4.79 Å². The molecule has 0 bridgehead atoms.